The van der Waals surface area contributed by atoms with Crippen molar-refractivity contribution < 1.29 is 0 Å². The molecule has 1 aliphatic carbocycles. The van der Waals surface area contributed by atoms with Crippen LogP contribution >= 0.6 is 23.2 Å². The van der Waals surface area contributed by atoms with Crippen molar-refractivity contribution in [1.29, 1.82) is 0 Å². The molecule has 1 unspecified atom stereocenters. The van der Waals surface area contributed by atoms with Crippen molar-refractivity contribution in [1.82, 2.24) is 5.32 Å². The largest absolute Gasteiger partial charge is 0.310 e. The van der Waals surface area contributed by atoms with E-state index in [4.69, 9.17) is 23.2 Å². The van der Waals surface area contributed by atoms with Crippen LogP contribution in [-0.2, 0) is 0 Å². The first-order chi connectivity index (χ1) is 10.2. The Bertz CT molecular complexity index is 427. The monoisotopic (exact) mass is 327 g/mol. The fraction of sp³-hybridized carbons (Fsp3) is 0.667. The number of hydrogen-bond donors (Lipinski definition) is 1. The van der Waals surface area contributed by atoms with Crippen molar-refractivity contribution in [2.24, 2.45) is 5.92 Å². The van der Waals surface area contributed by atoms with E-state index in [0.717, 1.165) is 23.9 Å². The maximum absolute atomic E-state index is 6.40. The minimum Gasteiger partial charge on any atom is -0.310 e. The summed E-state index contributed by atoms with van der Waals surface area (Å²) in [6, 6.07) is 6.25. The minimum absolute atomic E-state index is 0.358. The summed E-state index contributed by atoms with van der Waals surface area (Å²) in [5, 5.41) is 5.16. The Morgan fingerprint density at radius 3 is 2.62 bits per heavy atom. The van der Waals surface area contributed by atoms with Gasteiger partial charge in [0.25, 0.3) is 0 Å². The van der Waals surface area contributed by atoms with Gasteiger partial charge in [-0.1, -0.05) is 68.3 Å². The van der Waals surface area contributed by atoms with Crippen LogP contribution < -0.4 is 5.32 Å². The van der Waals surface area contributed by atoms with Gasteiger partial charge in [-0.05, 0) is 49.4 Å². The fourth-order valence-electron chi connectivity index (χ4n) is 3.35. The lowest BCUT2D eigenvalue weighted by molar-refractivity contribution is 0.314. The molecule has 0 radical (unpaired) electrons. The van der Waals surface area contributed by atoms with Crippen molar-refractivity contribution in [3.05, 3.63) is 33.8 Å². The van der Waals surface area contributed by atoms with Crippen LogP contribution in [0.3, 0.4) is 0 Å². The maximum Gasteiger partial charge on any atom is 0.0468 e. The summed E-state index contributed by atoms with van der Waals surface area (Å²) in [5.74, 6) is 0.913. The Kier molecular flexibility index (Phi) is 7.36. The molecule has 1 aromatic rings. The van der Waals surface area contributed by atoms with Crippen molar-refractivity contribution in [3.8, 4) is 0 Å². The van der Waals surface area contributed by atoms with Crippen molar-refractivity contribution in [2.75, 3.05) is 6.54 Å². The van der Waals surface area contributed by atoms with Gasteiger partial charge in [0.05, 0.1) is 0 Å². The molecule has 0 amide bonds. The van der Waals surface area contributed by atoms with E-state index in [-0.39, 0.29) is 0 Å². The second-order valence-electron chi connectivity index (χ2n) is 6.25. The van der Waals surface area contributed by atoms with Crippen molar-refractivity contribution in [3.63, 3.8) is 0 Å². The maximum atomic E-state index is 6.40. The highest BCUT2D eigenvalue weighted by Gasteiger charge is 2.18. The van der Waals surface area contributed by atoms with Gasteiger partial charge < -0.3 is 5.32 Å². The predicted molar refractivity (Wildman–Crippen MR) is 93.3 cm³/mol. The molecule has 0 bridgehead atoms. The number of rotatable bonds is 7. The van der Waals surface area contributed by atoms with Gasteiger partial charge in [0.2, 0.25) is 0 Å². The third-order valence-corrected chi connectivity index (χ3v) is 5.13. The smallest absolute Gasteiger partial charge is 0.0468 e. The Hall–Kier alpha value is -0.240. The van der Waals surface area contributed by atoms with Gasteiger partial charge in [-0.2, -0.15) is 0 Å². The summed E-state index contributed by atoms with van der Waals surface area (Å²) in [5.41, 5.74) is 1.20. The standard InChI is InChI=1S/C18H27Cl2N/c1-2-12-21-18(11-8-14-6-4-3-5-7-14)16-10-9-15(19)13-17(16)20/h9-10,13-14,18,21H,2-8,11-12H2,1H3. The number of nitrogens with one attached hydrogen (secondary N) is 1. The van der Waals surface area contributed by atoms with Gasteiger partial charge in [-0.3, -0.25) is 0 Å². The molecule has 1 aromatic carbocycles. The number of benzene rings is 1. The molecule has 1 aliphatic rings. The highest BCUT2D eigenvalue weighted by molar-refractivity contribution is 6.35. The molecule has 1 saturated carbocycles. The fourth-order valence-corrected chi connectivity index (χ4v) is 3.89. The van der Waals surface area contributed by atoms with E-state index in [1.54, 1.807) is 0 Å². The van der Waals surface area contributed by atoms with Gasteiger partial charge in [0.1, 0.15) is 0 Å². The van der Waals surface area contributed by atoms with Crippen LogP contribution in [0.4, 0.5) is 0 Å². The van der Waals surface area contributed by atoms with Crippen molar-refractivity contribution >= 4 is 23.2 Å². The molecule has 1 fully saturated rings. The molecule has 118 valence electrons. The molecule has 0 aromatic heterocycles. The lowest BCUT2D eigenvalue weighted by atomic mass is 9.84. The third-order valence-electron chi connectivity index (χ3n) is 4.57. The van der Waals surface area contributed by atoms with Crippen LogP contribution in [0.2, 0.25) is 10.0 Å². The summed E-state index contributed by atoms with van der Waals surface area (Å²) in [6.07, 6.45) is 10.7. The highest BCUT2D eigenvalue weighted by atomic mass is 35.5. The summed E-state index contributed by atoms with van der Waals surface area (Å²) in [4.78, 5) is 0. The summed E-state index contributed by atoms with van der Waals surface area (Å²) in [7, 11) is 0. The van der Waals surface area contributed by atoms with E-state index in [1.165, 1.54) is 50.5 Å². The molecule has 0 spiro atoms. The zero-order valence-electron chi connectivity index (χ0n) is 13.0. The van der Waals surface area contributed by atoms with Crippen LogP contribution in [0.25, 0.3) is 0 Å². The Labute approximate surface area is 139 Å². The topological polar surface area (TPSA) is 12.0 Å². The zero-order valence-corrected chi connectivity index (χ0v) is 14.5. The Morgan fingerprint density at radius 2 is 1.95 bits per heavy atom. The van der Waals surface area contributed by atoms with Gasteiger partial charge >= 0.3 is 0 Å². The quantitative estimate of drug-likeness (QED) is 0.611. The highest BCUT2D eigenvalue weighted by Crippen LogP contribution is 2.33. The van der Waals surface area contributed by atoms with Crippen LogP contribution in [0.15, 0.2) is 18.2 Å². The zero-order chi connectivity index (χ0) is 15.1. The first-order valence-electron chi connectivity index (χ1n) is 8.39. The molecule has 1 nitrogen and oxygen atoms in total. The Balaban J connectivity index is 1.99. The lowest BCUT2D eigenvalue weighted by Gasteiger charge is -2.25. The molecule has 2 rings (SSSR count). The minimum atomic E-state index is 0.358. The van der Waals surface area contributed by atoms with Gasteiger partial charge in [0, 0.05) is 16.1 Å². The van der Waals surface area contributed by atoms with E-state index in [1.807, 2.05) is 12.1 Å². The molecular formula is C18H27Cl2N. The molecule has 0 aliphatic heterocycles. The van der Waals surface area contributed by atoms with E-state index in [0.29, 0.717) is 11.1 Å². The van der Waals surface area contributed by atoms with Crippen molar-refractivity contribution in [2.45, 2.75) is 64.3 Å². The summed E-state index contributed by atoms with van der Waals surface area (Å²) < 4.78 is 0. The third kappa shape index (κ3) is 5.47. The first kappa shape index (κ1) is 17.1. The predicted octanol–water partition coefficient (Wildman–Crippen LogP) is 6.39. The molecule has 3 heteroatoms. The molecule has 0 heterocycles. The second kappa shape index (κ2) is 9.02. The van der Waals surface area contributed by atoms with Gasteiger partial charge in [-0.15, -0.1) is 0 Å². The lowest BCUT2D eigenvalue weighted by Crippen LogP contribution is -2.23. The SMILES string of the molecule is CCCNC(CCC1CCCCC1)c1ccc(Cl)cc1Cl. The van der Waals surface area contributed by atoms with Crippen LogP contribution in [0.5, 0.6) is 0 Å². The van der Waals surface area contributed by atoms with E-state index in [2.05, 4.69) is 18.3 Å². The average Bonchev–Trinajstić information content (AvgIpc) is 2.49. The summed E-state index contributed by atoms with van der Waals surface area (Å²) >= 11 is 12.4. The molecule has 0 saturated heterocycles. The number of halogens is 2. The van der Waals surface area contributed by atoms with Crippen LogP contribution in [0, 0.1) is 5.92 Å². The first-order valence-corrected chi connectivity index (χ1v) is 9.14. The number of hydrogen-bond acceptors (Lipinski definition) is 1. The molecule has 21 heavy (non-hydrogen) atoms. The van der Waals surface area contributed by atoms with Gasteiger partial charge in [0.15, 0.2) is 0 Å². The second-order valence-corrected chi connectivity index (χ2v) is 7.10. The Morgan fingerprint density at radius 1 is 1.19 bits per heavy atom. The normalized spacial score (nSPS) is 17.9. The van der Waals surface area contributed by atoms with E-state index in [9.17, 15) is 0 Å². The average molecular weight is 328 g/mol. The summed E-state index contributed by atoms with van der Waals surface area (Å²) in [6.45, 7) is 3.24. The van der Waals surface area contributed by atoms with E-state index >= 15 is 0 Å². The molecule has 1 atom stereocenters. The van der Waals surface area contributed by atoms with Crippen LogP contribution in [0.1, 0.15) is 69.9 Å². The van der Waals surface area contributed by atoms with E-state index < -0.39 is 0 Å². The molecule has 1 N–H and O–H groups in total. The molecular weight excluding hydrogens is 301 g/mol. The van der Waals surface area contributed by atoms with Gasteiger partial charge in [-0.25, -0.2) is 0 Å². The van der Waals surface area contributed by atoms with Crippen LogP contribution in [-0.4, -0.2) is 6.54 Å².